The van der Waals surface area contributed by atoms with E-state index in [0.29, 0.717) is 17.3 Å². The van der Waals surface area contributed by atoms with Gasteiger partial charge in [-0.1, -0.05) is 0 Å². The van der Waals surface area contributed by atoms with E-state index >= 15 is 0 Å². The average molecular weight is 367 g/mol. The molecule has 0 unspecified atom stereocenters. The van der Waals surface area contributed by atoms with Crippen LogP contribution in [-0.4, -0.2) is 54.5 Å². The Morgan fingerprint density at radius 2 is 1.84 bits per heavy atom. The Kier molecular flexibility index (Phi) is 5.92. The van der Waals surface area contributed by atoms with Crippen LogP contribution < -0.4 is 9.47 Å². The molecule has 0 bridgehead atoms. The fourth-order valence-corrected chi connectivity index (χ4v) is 2.96. The number of carbonyl (C=O) groups is 3. The summed E-state index contributed by atoms with van der Waals surface area (Å²) in [4.78, 5) is 36.8. The molecule has 1 heterocycles. The summed E-state index contributed by atoms with van der Waals surface area (Å²) < 4.78 is 14.9. The molecule has 0 radical (unpaired) electrons. The average Bonchev–Trinajstić information content (AvgIpc) is 2.84. The summed E-state index contributed by atoms with van der Waals surface area (Å²) in [5.74, 6) is -1.08. The maximum Gasteiger partial charge on any atom is 0.326 e. The largest absolute Gasteiger partial charge is 0.502 e. The molecule has 0 atom stereocenters. The first-order valence-electron chi connectivity index (χ1n) is 7.27. The molecule has 2 rings (SSSR count). The molecular weight excluding hydrogens is 350 g/mol. The lowest BCUT2D eigenvalue weighted by Crippen LogP contribution is -2.34. The number of ether oxygens (including phenoxy) is 3. The van der Waals surface area contributed by atoms with Gasteiger partial charge in [-0.15, -0.1) is 0 Å². The molecule has 25 heavy (non-hydrogen) atoms. The highest BCUT2D eigenvalue weighted by molar-refractivity contribution is 8.18. The fraction of sp³-hybridized carbons (Fsp3) is 0.312. The summed E-state index contributed by atoms with van der Waals surface area (Å²) in [5, 5.41) is 9.35. The summed E-state index contributed by atoms with van der Waals surface area (Å²) in [6, 6.07) is 2.99. The third-order valence-electron chi connectivity index (χ3n) is 3.27. The molecule has 0 aromatic heterocycles. The number of hydrogen-bond donors (Lipinski definition) is 1. The molecular formula is C16H17NO7S. The zero-order chi connectivity index (χ0) is 18.6. The molecule has 1 saturated heterocycles. The zero-order valence-electron chi connectivity index (χ0n) is 13.9. The number of rotatable bonds is 6. The van der Waals surface area contributed by atoms with E-state index in [1.807, 2.05) is 0 Å². The number of methoxy groups -OCH3 is 2. The highest BCUT2D eigenvalue weighted by Gasteiger charge is 2.36. The molecule has 1 N–H and O–H groups in total. The van der Waals surface area contributed by atoms with Gasteiger partial charge in [0.2, 0.25) is 5.75 Å². The second kappa shape index (κ2) is 7.93. The predicted molar refractivity (Wildman–Crippen MR) is 90.5 cm³/mol. The van der Waals surface area contributed by atoms with Crippen LogP contribution in [0.2, 0.25) is 0 Å². The van der Waals surface area contributed by atoms with Gasteiger partial charge in [0.15, 0.2) is 11.5 Å². The Hall–Kier alpha value is -2.68. The van der Waals surface area contributed by atoms with Gasteiger partial charge in [-0.3, -0.25) is 19.3 Å². The summed E-state index contributed by atoms with van der Waals surface area (Å²) in [6.45, 7) is 1.37. The molecule has 134 valence electrons. The summed E-state index contributed by atoms with van der Waals surface area (Å²) in [5.41, 5.74) is 0.494. The van der Waals surface area contributed by atoms with Crippen molar-refractivity contribution in [3.63, 3.8) is 0 Å². The molecule has 0 saturated carbocycles. The van der Waals surface area contributed by atoms with Crippen LogP contribution in [0.5, 0.6) is 17.2 Å². The third-order valence-corrected chi connectivity index (χ3v) is 4.17. The molecule has 1 aromatic rings. The number of benzene rings is 1. The first kappa shape index (κ1) is 18.7. The van der Waals surface area contributed by atoms with E-state index in [-0.39, 0.29) is 28.8 Å². The van der Waals surface area contributed by atoms with Crippen molar-refractivity contribution >= 4 is 35.0 Å². The Balaban J connectivity index is 2.29. The maximum atomic E-state index is 12.3. The minimum Gasteiger partial charge on any atom is -0.502 e. The second-order valence-corrected chi connectivity index (χ2v) is 5.84. The molecule has 1 aliphatic heterocycles. The quantitative estimate of drug-likeness (QED) is 0.602. The van der Waals surface area contributed by atoms with Crippen LogP contribution in [0.15, 0.2) is 17.0 Å². The SMILES string of the molecule is CCOC(=O)CN1C(=O)S/C(=C/c2cc(OC)c(O)c(OC)c2)C1=O. The van der Waals surface area contributed by atoms with E-state index in [0.717, 1.165) is 4.90 Å². The highest BCUT2D eigenvalue weighted by atomic mass is 32.2. The lowest BCUT2D eigenvalue weighted by Gasteiger charge is -2.11. The summed E-state index contributed by atoms with van der Waals surface area (Å²) in [6.07, 6.45) is 1.46. The van der Waals surface area contributed by atoms with Gasteiger partial charge in [-0.25, -0.2) is 0 Å². The van der Waals surface area contributed by atoms with Gasteiger partial charge in [-0.2, -0.15) is 0 Å². The van der Waals surface area contributed by atoms with E-state index in [9.17, 15) is 19.5 Å². The van der Waals surface area contributed by atoms with Gasteiger partial charge in [0, 0.05) is 0 Å². The van der Waals surface area contributed by atoms with E-state index < -0.39 is 23.7 Å². The van der Waals surface area contributed by atoms with Crippen molar-refractivity contribution in [2.45, 2.75) is 6.92 Å². The Morgan fingerprint density at radius 3 is 2.36 bits per heavy atom. The number of amides is 2. The topological polar surface area (TPSA) is 102 Å². The number of carbonyl (C=O) groups excluding carboxylic acids is 3. The van der Waals surface area contributed by atoms with Crippen LogP contribution in [0.4, 0.5) is 4.79 Å². The number of thioether (sulfide) groups is 1. The minimum atomic E-state index is -0.654. The van der Waals surface area contributed by atoms with Crippen LogP contribution in [0.3, 0.4) is 0 Å². The maximum absolute atomic E-state index is 12.3. The standard InChI is InChI=1S/C16H17NO7S/c1-4-24-13(18)8-17-15(20)12(25-16(17)21)7-9-5-10(22-2)14(19)11(6-9)23-3/h5-7,19H,4,8H2,1-3H3/b12-7+. The highest BCUT2D eigenvalue weighted by Crippen LogP contribution is 2.39. The molecule has 1 aromatic carbocycles. The number of imide groups is 1. The number of esters is 1. The van der Waals surface area contributed by atoms with Crippen molar-refractivity contribution in [3.05, 3.63) is 22.6 Å². The molecule has 1 aliphatic rings. The van der Waals surface area contributed by atoms with Crippen LogP contribution >= 0.6 is 11.8 Å². The van der Waals surface area contributed by atoms with E-state index in [4.69, 9.17) is 14.2 Å². The fourth-order valence-electron chi connectivity index (χ4n) is 2.12. The van der Waals surface area contributed by atoms with Crippen LogP contribution in [0.1, 0.15) is 12.5 Å². The Labute approximate surface area is 148 Å². The van der Waals surface area contributed by atoms with E-state index in [1.54, 1.807) is 6.92 Å². The van der Waals surface area contributed by atoms with Gasteiger partial charge in [0.05, 0.1) is 25.7 Å². The lowest BCUT2D eigenvalue weighted by atomic mass is 10.1. The molecule has 8 nitrogen and oxygen atoms in total. The number of nitrogens with zero attached hydrogens (tertiary/aromatic N) is 1. The molecule has 0 spiro atoms. The van der Waals surface area contributed by atoms with Crippen molar-refractivity contribution in [1.82, 2.24) is 4.90 Å². The van der Waals surface area contributed by atoms with Crippen molar-refractivity contribution in [3.8, 4) is 17.2 Å². The summed E-state index contributed by atoms with van der Waals surface area (Å²) >= 11 is 0.714. The van der Waals surface area contributed by atoms with Crippen molar-refractivity contribution in [1.29, 1.82) is 0 Å². The molecule has 2 amide bonds. The monoisotopic (exact) mass is 367 g/mol. The van der Waals surface area contributed by atoms with E-state index in [2.05, 4.69) is 0 Å². The van der Waals surface area contributed by atoms with Gasteiger partial charge < -0.3 is 19.3 Å². The van der Waals surface area contributed by atoms with Crippen LogP contribution in [-0.2, 0) is 14.3 Å². The first-order valence-corrected chi connectivity index (χ1v) is 8.08. The van der Waals surface area contributed by atoms with Gasteiger partial charge in [-0.05, 0) is 42.5 Å². The normalized spacial score (nSPS) is 15.6. The van der Waals surface area contributed by atoms with Crippen molar-refractivity contribution in [2.75, 3.05) is 27.4 Å². The summed E-state index contributed by atoms with van der Waals surface area (Å²) in [7, 11) is 2.76. The number of phenols is 1. The number of aromatic hydroxyl groups is 1. The number of phenolic OH excluding ortho intramolecular Hbond substituents is 1. The number of hydrogen-bond acceptors (Lipinski definition) is 8. The zero-order valence-corrected chi connectivity index (χ0v) is 14.7. The van der Waals surface area contributed by atoms with E-state index in [1.165, 1.54) is 32.4 Å². The lowest BCUT2D eigenvalue weighted by molar-refractivity contribution is -0.145. The van der Waals surface area contributed by atoms with Crippen molar-refractivity contribution < 1.29 is 33.7 Å². The van der Waals surface area contributed by atoms with Crippen molar-refractivity contribution in [2.24, 2.45) is 0 Å². The molecule has 9 heteroatoms. The Bertz CT molecular complexity index is 719. The molecule has 1 fully saturated rings. The third kappa shape index (κ3) is 4.05. The molecule has 0 aliphatic carbocycles. The Morgan fingerprint density at radius 1 is 1.24 bits per heavy atom. The minimum absolute atomic E-state index is 0.143. The van der Waals surface area contributed by atoms with Gasteiger partial charge >= 0.3 is 5.97 Å². The smallest absolute Gasteiger partial charge is 0.326 e. The first-order chi connectivity index (χ1) is 11.9. The van der Waals surface area contributed by atoms with Gasteiger partial charge in [0.1, 0.15) is 6.54 Å². The van der Waals surface area contributed by atoms with Crippen LogP contribution in [0, 0.1) is 0 Å². The van der Waals surface area contributed by atoms with Gasteiger partial charge in [0.25, 0.3) is 11.1 Å². The predicted octanol–water partition coefficient (Wildman–Crippen LogP) is 2.01. The van der Waals surface area contributed by atoms with Crippen LogP contribution in [0.25, 0.3) is 6.08 Å². The second-order valence-electron chi connectivity index (χ2n) is 4.85.